The quantitative estimate of drug-likeness (QED) is 0.0351. The summed E-state index contributed by atoms with van der Waals surface area (Å²) >= 11 is 0. The highest BCUT2D eigenvalue weighted by molar-refractivity contribution is 5.70. The largest absolute Gasteiger partial charge is 0.462 e. The van der Waals surface area contributed by atoms with E-state index in [0.29, 0.717) is 19.4 Å². The van der Waals surface area contributed by atoms with Gasteiger partial charge in [-0.25, -0.2) is 0 Å². The molecule has 0 aromatic heterocycles. The maximum atomic E-state index is 12.6. The summed E-state index contributed by atoms with van der Waals surface area (Å²) in [5.41, 5.74) is 0. The van der Waals surface area contributed by atoms with E-state index in [2.05, 4.69) is 106 Å². The van der Waals surface area contributed by atoms with Crippen LogP contribution < -0.4 is 0 Å². The van der Waals surface area contributed by atoms with Crippen LogP contribution in [0.3, 0.4) is 0 Å². The van der Waals surface area contributed by atoms with Gasteiger partial charge in [0, 0.05) is 19.4 Å². The molecule has 0 heterocycles. The molecule has 0 aromatic carbocycles. The van der Waals surface area contributed by atoms with E-state index in [1.807, 2.05) is 0 Å². The first kappa shape index (κ1) is 53.1. The molecule has 320 valence electrons. The van der Waals surface area contributed by atoms with E-state index in [4.69, 9.17) is 14.2 Å². The zero-order valence-corrected chi connectivity index (χ0v) is 36.6. The Kier molecular flexibility index (Phi) is 44.0. The summed E-state index contributed by atoms with van der Waals surface area (Å²) in [6.45, 7) is 7.50. The lowest BCUT2D eigenvalue weighted by atomic mass is 10.1. The Morgan fingerprint density at radius 3 is 1.32 bits per heavy atom. The van der Waals surface area contributed by atoms with Crippen molar-refractivity contribution in [1.29, 1.82) is 0 Å². The number of allylic oxidation sites excluding steroid dienone is 14. The van der Waals surface area contributed by atoms with Crippen LogP contribution in [0.2, 0.25) is 0 Å². The number of hydrogen-bond acceptors (Lipinski definition) is 5. The SMILES string of the molecule is CC/C=C\C/C=C\C/C=C\C/C=C\CCCCC(=O)OCC(COCCCCCCCCCC/C=C\C/C=C\C/C=C\CC)OC(=O)CCCCCCCCC. The molecule has 0 aliphatic heterocycles. The Hall–Kier alpha value is -2.92. The van der Waals surface area contributed by atoms with Gasteiger partial charge in [-0.3, -0.25) is 9.59 Å². The molecular weight excluding hydrogens is 693 g/mol. The smallest absolute Gasteiger partial charge is 0.306 e. The Labute approximate surface area is 346 Å². The van der Waals surface area contributed by atoms with Crippen LogP contribution in [0.15, 0.2) is 85.1 Å². The first-order valence-electron chi connectivity index (χ1n) is 23.1. The number of carbonyl (C=O) groups excluding carboxylic acids is 2. The van der Waals surface area contributed by atoms with Crippen molar-refractivity contribution in [2.45, 2.75) is 207 Å². The summed E-state index contributed by atoms with van der Waals surface area (Å²) in [6, 6.07) is 0. The molecule has 1 unspecified atom stereocenters. The van der Waals surface area contributed by atoms with Crippen LogP contribution in [0, 0.1) is 0 Å². The van der Waals surface area contributed by atoms with E-state index in [1.165, 1.54) is 70.6 Å². The number of esters is 2. The standard InChI is InChI=1S/C51H86O5/c1-4-7-10-13-16-18-20-22-24-25-26-28-30-32-34-37-40-43-46-54-47-49(56-51(53)45-42-39-35-15-12-9-6-3)48-55-50(52)44-41-38-36-33-31-29-27-23-21-19-17-14-11-8-5-2/h7-8,10-11,16-19,22-24,27,31,33,49H,4-6,9,12-15,20-21,25-26,28-30,32,34-48H2,1-3H3/b10-7-,11-8-,18-16-,19-17-,24-22-,27-23-,33-31-. The molecule has 0 fully saturated rings. The van der Waals surface area contributed by atoms with E-state index in [0.717, 1.165) is 96.3 Å². The van der Waals surface area contributed by atoms with Gasteiger partial charge in [0.25, 0.3) is 0 Å². The second-order valence-corrected chi connectivity index (χ2v) is 14.9. The van der Waals surface area contributed by atoms with Crippen molar-refractivity contribution in [3.8, 4) is 0 Å². The molecule has 0 saturated heterocycles. The molecule has 1 atom stereocenters. The van der Waals surface area contributed by atoms with E-state index in [-0.39, 0.29) is 25.2 Å². The topological polar surface area (TPSA) is 61.8 Å². The summed E-state index contributed by atoms with van der Waals surface area (Å²) in [7, 11) is 0. The van der Waals surface area contributed by atoms with Crippen LogP contribution >= 0.6 is 0 Å². The van der Waals surface area contributed by atoms with Crippen LogP contribution in [-0.2, 0) is 23.8 Å². The first-order valence-corrected chi connectivity index (χ1v) is 23.1. The van der Waals surface area contributed by atoms with Gasteiger partial charge >= 0.3 is 11.9 Å². The summed E-state index contributed by atoms with van der Waals surface area (Å²) in [6.07, 6.45) is 60.3. The molecule has 0 bridgehead atoms. The van der Waals surface area contributed by atoms with Crippen molar-refractivity contribution in [3.63, 3.8) is 0 Å². The number of rotatable bonds is 41. The summed E-state index contributed by atoms with van der Waals surface area (Å²) in [4.78, 5) is 25.1. The lowest BCUT2D eigenvalue weighted by molar-refractivity contribution is -0.163. The number of ether oxygens (including phenoxy) is 3. The van der Waals surface area contributed by atoms with Crippen LogP contribution in [0.5, 0.6) is 0 Å². The number of unbranched alkanes of at least 4 members (excludes halogenated alkanes) is 16. The van der Waals surface area contributed by atoms with Crippen molar-refractivity contribution in [2.24, 2.45) is 0 Å². The van der Waals surface area contributed by atoms with Gasteiger partial charge in [-0.05, 0) is 89.9 Å². The van der Waals surface area contributed by atoms with E-state index in [9.17, 15) is 9.59 Å². The molecule has 0 saturated carbocycles. The van der Waals surface area contributed by atoms with Gasteiger partial charge in [0.05, 0.1) is 6.61 Å². The highest BCUT2D eigenvalue weighted by Gasteiger charge is 2.17. The van der Waals surface area contributed by atoms with Crippen LogP contribution in [0.1, 0.15) is 201 Å². The maximum absolute atomic E-state index is 12.6. The van der Waals surface area contributed by atoms with E-state index < -0.39 is 6.10 Å². The second-order valence-electron chi connectivity index (χ2n) is 14.9. The minimum absolute atomic E-state index is 0.0578. The molecule has 0 aromatic rings. The minimum Gasteiger partial charge on any atom is -0.462 e. The molecule has 0 rings (SSSR count). The Morgan fingerprint density at radius 1 is 0.411 bits per heavy atom. The van der Waals surface area contributed by atoms with Crippen molar-refractivity contribution in [2.75, 3.05) is 19.8 Å². The number of hydrogen-bond donors (Lipinski definition) is 0. The number of carbonyl (C=O) groups is 2. The van der Waals surface area contributed by atoms with Gasteiger partial charge in [-0.2, -0.15) is 0 Å². The zero-order valence-electron chi connectivity index (χ0n) is 36.6. The average molecular weight is 779 g/mol. The third kappa shape index (κ3) is 43.8. The molecule has 0 aliphatic carbocycles. The third-order valence-electron chi connectivity index (χ3n) is 9.43. The Balaban J connectivity index is 4.22. The Morgan fingerprint density at radius 2 is 0.804 bits per heavy atom. The van der Waals surface area contributed by atoms with Crippen molar-refractivity contribution in [3.05, 3.63) is 85.1 Å². The van der Waals surface area contributed by atoms with Crippen LogP contribution in [0.4, 0.5) is 0 Å². The van der Waals surface area contributed by atoms with Crippen molar-refractivity contribution >= 4 is 11.9 Å². The van der Waals surface area contributed by atoms with Crippen LogP contribution in [0.25, 0.3) is 0 Å². The zero-order chi connectivity index (χ0) is 40.7. The minimum atomic E-state index is -0.556. The molecule has 0 amide bonds. The average Bonchev–Trinajstić information content (AvgIpc) is 3.20. The highest BCUT2D eigenvalue weighted by Crippen LogP contribution is 2.12. The molecule has 0 N–H and O–H groups in total. The fraction of sp³-hybridized carbons (Fsp3) is 0.686. The lowest BCUT2D eigenvalue weighted by Gasteiger charge is -2.18. The van der Waals surface area contributed by atoms with E-state index in [1.54, 1.807) is 0 Å². The predicted octanol–water partition coefficient (Wildman–Crippen LogP) is 15.3. The molecule has 0 aliphatic rings. The van der Waals surface area contributed by atoms with Crippen molar-refractivity contribution < 1.29 is 23.8 Å². The van der Waals surface area contributed by atoms with Gasteiger partial charge in [0.15, 0.2) is 6.10 Å². The molecular formula is C51H86O5. The molecule has 0 spiro atoms. The molecule has 0 radical (unpaired) electrons. The molecule has 5 nitrogen and oxygen atoms in total. The maximum Gasteiger partial charge on any atom is 0.306 e. The fourth-order valence-electron chi connectivity index (χ4n) is 6.04. The molecule has 56 heavy (non-hydrogen) atoms. The van der Waals surface area contributed by atoms with Crippen LogP contribution in [-0.4, -0.2) is 37.9 Å². The van der Waals surface area contributed by atoms with Gasteiger partial charge in [-0.15, -0.1) is 0 Å². The van der Waals surface area contributed by atoms with Gasteiger partial charge in [-0.1, -0.05) is 183 Å². The summed E-state index contributed by atoms with van der Waals surface area (Å²) in [5, 5.41) is 0. The highest BCUT2D eigenvalue weighted by atomic mass is 16.6. The van der Waals surface area contributed by atoms with Crippen molar-refractivity contribution in [1.82, 2.24) is 0 Å². The normalized spacial score (nSPS) is 13.0. The third-order valence-corrected chi connectivity index (χ3v) is 9.43. The van der Waals surface area contributed by atoms with E-state index >= 15 is 0 Å². The van der Waals surface area contributed by atoms with Gasteiger partial charge in [0.1, 0.15) is 6.61 Å². The summed E-state index contributed by atoms with van der Waals surface area (Å²) in [5.74, 6) is -0.459. The monoisotopic (exact) mass is 779 g/mol. The van der Waals surface area contributed by atoms with Gasteiger partial charge < -0.3 is 14.2 Å². The second kappa shape index (κ2) is 46.5. The lowest BCUT2D eigenvalue weighted by Crippen LogP contribution is -2.30. The fourth-order valence-corrected chi connectivity index (χ4v) is 6.04. The Bertz CT molecular complexity index is 1060. The van der Waals surface area contributed by atoms with Gasteiger partial charge in [0.2, 0.25) is 0 Å². The molecule has 5 heteroatoms. The first-order chi connectivity index (χ1) is 27.6. The predicted molar refractivity (Wildman–Crippen MR) is 242 cm³/mol. The summed E-state index contributed by atoms with van der Waals surface area (Å²) < 4.78 is 17.2.